The number of amides is 1. The number of hydrogen-bond donors (Lipinski definition) is 1. The van der Waals surface area contributed by atoms with Gasteiger partial charge < -0.3 is 5.73 Å². The SMILES string of the molecule is CCN(CC)S(=O)(=O)c1ccsc1C(N)=O. The van der Waals surface area contributed by atoms with Crippen LogP contribution in [-0.4, -0.2) is 31.7 Å². The van der Waals surface area contributed by atoms with E-state index in [-0.39, 0.29) is 9.77 Å². The fourth-order valence-electron chi connectivity index (χ4n) is 1.38. The summed E-state index contributed by atoms with van der Waals surface area (Å²) in [6, 6.07) is 1.42. The lowest BCUT2D eigenvalue weighted by atomic mass is 10.4. The van der Waals surface area contributed by atoms with E-state index >= 15 is 0 Å². The van der Waals surface area contributed by atoms with Gasteiger partial charge in [-0.2, -0.15) is 4.31 Å². The van der Waals surface area contributed by atoms with Crippen molar-refractivity contribution < 1.29 is 13.2 Å². The standard InChI is InChI=1S/C9H14N2O3S2/c1-3-11(4-2)16(13,14)7-5-6-15-8(7)9(10)12/h5-6H,3-4H2,1-2H3,(H2,10,12). The molecule has 1 aromatic rings. The van der Waals surface area contributed by atoms with Gasteiger partial charge in [-0.05, 0) is 11.4 Å². The summed E-state index contributed by atoms with van der Waals surface area (Å²) in [6.07, 6.45) is 0. The van der Waals surface area contributed by atoms with Crippen molar-refractivity contribution in [2.75, 3.05) is 13.1 Å². The molecular formula is C9H14N2O3S2. The van der Waals surface area contributed by atoms with E-state index in [1.54, 1.807) is 19.2 Å². The maximum absolute atomic E-state index is 12.1. The number of rotatable bonds is 5. The summed E-state index contributed by atoms with van der Waals surface area (Å²) < 4.78 is 25.5. The molecule has 90 valence electrons. The summed E-state index contributed by atoms with van der Waals surface area (Å²) in [6.45, 7) is 4.23. The van der Waals surface area contributed by atoms with E-state index < -0.39 is 15.9 Å². The van der Waals surface area contributed by atoms with E-state index in [0.29, 0.717) is 13.1 Å². The van der Waals surface area contributed by atoms with E-state index in [1.165, 1.54) is 10.4 Å². The normalized spacial score (nSPS) is 11.9. The van der Waals surface area contributed by atoms with Crippen LogP contribution in [0.4, 0.5) is 0 Å². The Labute approximate surface area is 98.9 Å². The Balaban J connectivity index is 3.27. The van der Waals surface area contributed by atoms with Crippen LogP contribution in [0.5, 0.6) is 0 Å². The molecule has 7 heteroatoms. The second-order valence-electron chi connectivity index (χ2n) is 3.07. The molecule has 5 nitrogen and oxygen atoms in total. The fourth-order valence-corrected chi connectivity index (χ4v) is 4.10. The summed E-state index contributed by atoms with van der Waals surface area (Å²) >= 11 is 1.04. The van der Waals surface area contributed by atoms with Crippen LogP contribution in [0.2, 0.25) is 0 Å². The first-order chi connectivity index (χ1) is 7.45. The third-order valence-electron chi connectivity index (χ3n) is 2.18. The molecule has 0 spiro atoms. The minimum absolute atomic E-state index is 0.00806. The first kappa shape index (κ1) is 13.1. The lowest BCUT2D eigenvalue weighted by Gasteiger charge is -2.17. The number of nitrogens with zero attached hydrogens (tertiary/aromatic N) is 1. The van der Waals surface area contributed by atoms with Crippen LogP contribution in [0.3, 0.4) is 0 Å². The Morgan fingerprint density at radius 3 is 2.44 bits per heavy atom. The van der Waals surface area contributed by atoms with Gasteiger partial charge in [0.05, 0.1) is 0 Å². The lowest BCUT2D eigenvalue weighted by Crippen LogP contribution is -2.31. The van der Waals surface area contributed by atoms with E-state index in [1.807, 2.05) is 0 Å². The molecule has 0 aromatic carbocycles. The van der Waals surface area contributed by atoms with Crippen LogP contribution in [0.15, 0.2) is 16.3 Å². The molecule has 0 unspecified atom stereocenters. The molecule has 0 saturated carbocycles. The zero-order valence-electron chi connectivity index (χ0n) is 9.13. The summed E-state index contributed by atoms with van der Waals surface area (Å²) in [7, 11) is -3.59. The second-order valence-corrected chi connectivity index (χ2v) is 5.89. The first-order valence-corrected chi connectivity index (χ1v) is 7.14. The van der Waals surface area contributed by atoms with Gasteiger partial charge in [0, 0.05) is 13.1 Å². The highest BCUT2D eigenvalue weighted by Crippen LogP contribution is 2.24. The third-order valence-corrected chi connectivity index (χ3v) is 5.33. The maximum atomic E-state index is 12.1. The quantitative estimate of drug-likeness (QED) is 0.855. The van der Waals surface area contributed by atoms with Gasteiger partial charge in [0.1, 0.15) is 9.77 Å². The minimum atomic E-state index is -3.59. The Hall–Kier alpha value is -0.920. The Morgan fingerprint density at radius 2 is 2.00 bits per heavy atom. The molecule has 0 radical (unpaired) electrons. The van der Waals surface area contributed by atoms with Crippen molar-refractivity contribution >= 4 is 27.3 Å². The van der Waals surface area contributed by atoms with Gasteiger partial charge in [-0.1, -0.05) is 13.8 Å². The second kappa shape index (κ2) is 4.94. The van der Waals surface area contributed by atoms with Crippen molar-refractivity contribution in [3.8, 4) is 0 Å². The number of primary amides is 1. The van der Waals surface area contributed by atoms with Crippen molar-refractivity contribution in [2.45, 2.75) is 18.7 Å². The summed E-state index contributed by atoms with van der Waals surface area (Å²) in [5.41, 5.74) is 5.13. The fraction of sp³-hybridized carbons (Fsp3) is 0.444. The van der Waals surface area contributed by atoms with Crippen LogP contribution >= 0.6 is 11.3 Å². The molecule has 0 aliphatic heterocycles. The lowest BCUT2D eigenvalue weighted by molar-refractivity contribution is 0.100. The number of carbonyl (C=O) groups is 1. The van der Waals surface area contributed by atoms with Crippen molar-refractivity contribution in [3.05, 3.63) is 16.3 Å². The zero-order chi connectivity index (χ0) is 12.3. The van der Waals surface area contributed by atoms with Crippen molar-refractivity contribution in [3.63, 3.8) is 0 Å². The molecule has 16 heavy (non-hydrogen) atoms. The molecule has 1 heterocycles. The highest BCUT2D eigenvalue weighted by Gasteiger charge is 2.27. The number of carbonyl (C=O) groups excluding carboxylic acids is 1. The molecule has 0 saturated heterocycles. The van der Waals surface area contributed by atoms with Gasteiger partial charge in [-0.25, -0.2) is 8.42 Å². The van der Waals surface area contributed by atoms with Gasteiger partial charge >= 0.3 is 0 Å². The van der Waals surface area contributed by atoms with Crippen LogP contribution in [0, 0.1) is 0 Å². The first-order valence-electron chi connectivity index (χ1n) is 4.82. The molecule has 0 aliphatic rings. The van der Waals surface area contributed by atoms with Gasteiger partial charge in [0.2, 0.25) is 10.0 Å². The number of thiophene rings is 1. The molecular weight excluding hydrogens is 248 g/mol. The molecule has 0 aliphatic carbocycles. The van der Waals surface area contributed by atoms with Crippen molar-refractivity contribution in [1.82, 2.24) is 4.31 Å². The smallest absolute Gasteiger partial charge is 0.260 e. The Morgan fingerprint density at radius 1 is 1.44 bits per heavy atom. The third kappa shape index (κ3) is 2.26. The zero-order valence-corrected chi connectivity index (χ0v) is 10.8. The average Bonchev–Trinajstić information content (AvgIpc) is 2.67. The van der Waals surface area contributed by atoms with E-state index in [0.717, 1.165) is 11.3 Å². The van der Waals surface area contributed by atoms with Crippen LogP contribution in [0.1, 0.15) is 23.5 Å². The summed E-state index contributed by atoms with van der Waals surface area (Å²) in [4.78, 5) is 11.2. The highest BCUT2D eigenvalue weighted by molar-refractivity contribution is 7.89. The van der Waals surface area contributed by atoms with Crippen LogP contribution in [-0.2, 0) is 10.0 Å². The number of sulfonamides is 1. The Bertz CT molecular complexity index is 475. The summed E-state index contributed by atoms with van der Waals surface area (Å²) in [5.74, 6) is -0.708. The predicted molar refractivity (Wildman–Crippen MR) is 62.9 cm³/mol. The molecule has 0 bridgehead atoms. The van der Waals surface area contributed by atoms with Gasteiger partial charge in [0.25, 0.3) is 5.91 Å². The van der Waals surface area contributed by atoms with Crippen molar-refractivity contribution in [1.29, 1.82) is 0 Å². The van der Waals surface area contributed by atoms with Crippen LogP contribution < -0.4 is 5.73 Å². The minimum Gasteiger partial charge on any atom is -0.365 e. The Kier molecular flexibility index (Phi) is 4.06. The molecule has 0 atom stereocenters. The molecule has 1 rings (SSSR count). The van der Waals surface area contributed by atoms with E-state index in [4.69, 9.17) is 5.73 Å². The van der Waals surface area contributed by atoms with Gasteiger partial charge in [-0.3, -0.25) is 4.79 Å². The molecule has 2 N–H and O–H groups in total. The molecule has 0 fully saturated rings. The summed E-state index contributed by atoms with van der Waals surface area (Å²) in [5, 5.41) is 1.55. The van der Waals surface area contributed by atoms with Gasteiger partial charge in [0.15, 0.2) is 0 Å². The largest absolute Gasteiger partial charge is 0.365 e. The maximum Gasteiger partial charge on any atom is 0.260 e. The molecule has 1 amide bonds. The van der Waals surface area contributed by atoms with Crippen LogP contribution in [0.25, 0.3) is 0 Å². The average molecular weight is 262 g/mol. The number of hydrogen-bond acceptors (Lipinski definition) is 4. The highest BCUT2D eigenvalue weighted by atomic mass is 32.2. The van der Waals surface area contributed by atoms with E-state index in [9.17, 15) is 13.2 Å². The number of nitrogens with two attached hydrogens (primary N) is 1. The van der Waals surface area contributed by atoms with Crippen molar-refractivity contribution in [2.24, 2.45) is 5.73 Å². The topological polar surface area (TPSA) is 80.5 Å². The predicted octanol–water partition coefficient (Wildman–Crippen LogP) is 0.878. The van der Waals surface area contributed by atoms with E-state index in [2.05, 4.69) is 0 Å². The molecule has 1 aromatic heterocycles. The monoisotopic (exact) mass is 262 g/mol. The van der Waals surface area contributed by atoms with Gasteiger partial charge in [-0.15, -0.1) is 11.3 Å².